The Balaban J connectivity index is 1.89. The second-order valence-electron chi connectivity index (χ2n) is 7.04. The van der Waals surface area contributed by atoms with E-state index in [1.165, 1.54) is 16.8 Å². The van der Waals surface area contributed by atoms with Gasteiger partial charge in [-0.3, -0.25) is 0 Å². The first-order chi connectivity index (χ1) is 11.1. The van der Waals surface area contributed by atoms with Gasteiger partial charge in [0.05, 0.1) is 5.41 Å². The molecule has 23 heavy (non-hydrogen) atoms. The zero-order valence-corrected chi connectivity index (χ0v) is 13.9. The van der Waals surface area contributed by atoms with Crippen molar-refractivity contribution in [3.8, 4) is 5.75 Å². The monoisotopic (exact) mass is 305 g/mol. The van der Waals surface area contributed by atoms with Crippen LogP contribution in [-0.2, 0) is 11.8 Å². The Labute approximate surface area is 138 Å². The number of anilines is 1. The molecule has 2 aromatic carbocycles. The molecule has 2 nitrogen and oxygen atoms in total. The molecule has 0 saturated heterocycles. The summed E-state index contributed by atoms with van der Waals surface area (Å²) in [5.74, 6) is 1.02. The molecule has 0 amide bonds. The summed E-state index contributed by atoms with van der Waals surface area (Å²) in [6.45, 7) is 9.38. The fourth-order valence-electron chi connectivity index (χ4n) is 4.33. The average Bonchev–Trinajstić information content (AvgIpc) is 2.75. The molecule has 0 aromatic heterocycles. The van der Waals surface area contributed by atoms with Crippen LogP contribution >= 0.6 is 0 Å². The summed E-state index contributed by atoms with van der Waals surface area (Å²) in [7, 11) is 0. The van der Waals surface area contributed by atoms with E-state index in [1.807, 2.05) is 6.08 Å². The number of para-hydroxylation sites is 2. The van der Waals surface area contributed by atoms with E-state index in [1.54, 1.807) is 0 Å². The minimum Gasteiger partial charge on any atom is -0.467 e. The van der Waals surface area contributed by atoms with Crippen molar-refractivity contribution in [2.75, 3.05) is 11.4 Å². The molecule has 2 aliphatic heterocycles. The summed E-state index contributed by atoms with van der Waals surface area (Å²) in [4.78, 5) is 2.41. The Morgan fingerprint density at radius 2 is 1.87 bits per heavy atom. The third-order valence-corrected chi connectivity index (χ3v) is 5.58. The van der Waals surface area contributed by atoms with Gasteiger partial charge in [0.15, 0.2) is 5.72 Å². The zero-order valence-electron chi connectivity index (χ0n) is 13.9. The van der Waals surface area contributed by atoms with Gasteiger partial charge in [-0.15, -0.1) is 6.58 Å². The van der Waals surface area contributed by atoms with Gasteiger partial charge in [-0.25, -0.2) is 0 Å². The smallest absolute Gasteiger partial charge is 0.192 e. The van der Waals surface area contributed by atoms with Crippen molar-refractivity contribution in [1.82, 2.24) is 0 Å². The lowest BCUT2D eigenvalue weighted by molar-refractivity contribution is -0.00812. The fourth-order valence-corrected chi connectivity index (χ4v) is 4.33. The van der Waals surface area contributed by atoms with Gasteiger partial charge in [-0.1, -0.05) is 42.5 Å². The quantitative estimate of drug-likeness (QED) is 0.746. The lowest BCUT2D eigenvalue weighted by Gasteiger charge is -2.49. The Hall–Kier alpha value is -2.22. The fraction of sp³-hybridized carbons (Fsp3) is 0.333. The van der Waals surface area contributed by atoms with Gasteiger partial charge >= 0.3 is 0 Å². The second-order valence-corrected chi connectivity index (χ2v) is 7.04. The third-order valence-electron chi connectivity index (χ3n) is 5.58. The van der Waals surface area contributed by atoms with E-state index in [2.05, 4.69) is 73.9 Å². The highest BCUT2D eigenvalue weighted by Crippen LogP contribution is 2.55. The van der Waals surface area contributed by atoms with Crippen molar-refractivity contribution in [1.29, 1.82) is 0 Å². The highest BCUT2D eigenvalue weighted by Gasteiger charge is 2.59. The molecule has 1 atom stereocenters. The summed E-state index contributed by atoms with van der Waals surface area (Å²) in [5, 5.41) is 0. The molecule has 2 heterocycles. The summed E-state index contributed by atoms with van der Waals surface area (Å²) in [5.41, 5.74) is 3.51. The number of hydrogen-bond acceptors (Lipinski definition) is 2. The van der Waals surface area contributed by atoms with Gasteiger partial charge in [-0.2, -0.15) is 0 Å². The number of hydrogen-bond donors (Lipinski definition) is 0. The number of nitrogens with zero attached hydrogens (tertiary/aromatic N) is 1. The van der Waals surface area contributed by atoms with E-state index in [4.69, 9.17) is 4.74 Å². The largest absolute Gasteiger partial charge is 0.467 e. The van der Waals surface area contributed by atoms with E-state index in [0.717, 1.165) is 25.1 Å². The molecule has 2 aromatic rings. The van der Waals surface area contributed by atoms with Gasteiger partial charge in [0.25, 0.3) is 0 Å². The second kappa shape index (κ2) is 4.89. The molecule has 0 radical (unpaired) electrons. The first-order valence-corrected chi connectivity index (χ1v) is 8.35. The van der Waals surface area contributed by atoms with Gasteiger partial charge in [0.1, 0.15) is 5.75 Å². The molecule has 1 spiro atoms. The minimum absolute atomic E-state index is 0.0832. The van der Waals surface area contributed by atoms with Crippen LogP contribution in [0.5, 0.6) is 5.75 Å². The van der Waals surface area contributed by atoms with Crippen LogP contribution in [0.4, 0.5) is 5.69 Å². The predicted octanol–water partition coefficient (Wildman–Crippen LogP) is 4.69. The molecule has 0 N–H and O–H groups in total. The average molecular weight is 305 g/mol. The molecule has 0 aliphatic carbocycles. The SMILES string of the molecule is C=CCN1c2ccccc2C(C)(C)[C@@]12CCc1ccccc1O2. The lowest BCUT2D eigenvalue weighted by Crippen LogP contribution is -2.61. The first kappa shape index (κ1) is 14.4. The Morgan fingerprint density at radius 3 is 2.70 bits per heavy atom. The first-order valence-electron chi connectivity index (χ1n) is 8.35. The molecule has 0 fully saturated rings. The number of benzene rings is 2. The van der Waals surface area contributed by atoms with E-state index >= 15 is 0 Å². The van der Waals surface area contributed by atoms with Gasteiger partial charge in [0.2, 0.25) is 0 Å². The Kier molecular flexibility index (Phi) is 3.06. The van der Waals surface area contributed by atoms with Crippen LogP contribution in [0.2, 0.25) is 0 Å². The van der Waals surface area contributed by atoms with Crippen molar-refractivity contribution in [3.05, 3.63) is 72.3 Å². The highest BCUT2D eigenvalue weighted by molar-refractivity contribution is 5.67. The maximum Gasteiger partial charge on any atom is 0.192 e. The summed E-state index contributed by atoms with van der Waals surface area (Å²) < 4.78 is 6.72. The maximum atomic E-state index is 6.72. The summed E-state index contributed by atoms with van der Waals surface area (Å²) in [6.07, 6.45) is 4.00. The topological polar surface area (TPSA) is 12.5 Å². The standard InChI is InChI=1S/C21H23NO/c1-4-15-22-18-11-7-6-10-17(18)20(2,3)21(22)14-13-16-9-5-8-12-19(16)23-21/h4-12H,1,13-15H2,2-3H3/t21-/m0/s1. The van der Waals surface area contributed by atoms with Crippen molar-refractivity contribution < 1.29 is 4.74 Å². The lowest BCUT2D eigenvalue weighted by atomic mass is 9.74. The van der Waals surface area contributed by atoms with Crippen LogP contribution in [0.3, 0.4) is 0 Å². The molecule has 118 valence electrons. The molecule has 0 bridgehead atoms. The van der Waals surface area contributed by atoms with E-state index < -0.39 is 0 Å². The van der Waals surface area contributed by atoms with Crippen LogP contribution in [0.1, 0.15) is 31.4 Å². The molecule has 0 saturated carbocycles. The van der Waals surface area contributed by atoms with Crippen molar-refractivity contribution in [2.45, 2.75) is 37.8 Å². The summed E-state index contributed by atoms with van der Waals surface area (Å²) >= 11 is 0. The molecular weight excluding hydrogens is 282 g/mol. The van der Waals surface area contributed by atoms with Crippen LogP contribution in [-0.4, -0.2) is 12.3 Å². The third kappa shape index (κ3) is 1.81. The predicted molar refractivity (Wildman–Crippen MR) is 95.1 cm³/mol. The van der Waals surface area contributed by atoms with Gasteiger partial charge in [-0.05, 0) is 43.5 Å². The zero-order chi connectivity index (χ0) is 16.1. The van der Waals surface area contributed by atoms with Crippen LogP contribution in [0, 0.1) is 0 Å². The van der Waals surface area contributed by atoms with Gasteiger partial charge < -0.3 is 9.64 Å². The molecular formula is C21H23NO. The number of aryl methyl sites for hydroxylation is 1. The van der Waals surface area contributed by atoms with Crippen molar-refractivity contribution in [3.63, 3.8) is 0 Å². The van der Waals surface area contributed by atoms with Crippen LogP contribution < -0.4 is 9.64 Å². The number of fused-ring (bicyclic) bond motifs is 2. The highest BCUT2D eigenvalue weighted by atomic mass is 16.5. The Bertz CT molecular complexity index is 764. The van der Waals surface area contributed by atoms with Crippen molar-refractivity contribution >= 4 is 5.69 Å². The van der Waals surface area contributed by atoms with E-state index in [-0.39, 0.29) is 11.1 Å². The minimum atomic E-state index is -0.348. The number of ether oxygens (including phenoxy) is 1. The molecule has 0 unspecified atom stereocenters. The maximum absolute atomic E-state index is 6.72. The van der Waals surface area contributed by atoms with Crippen LogP contribution in [0.15, 0.2) is 61.2 Å². The van der Waals surface area contributed by atoms with Gasteiger partial charge in [0, 0.05) is 18.7 Å². The Morgan fingerprint density at radius 1 is 1.13 bits per heavy atom. The normalized spacial score (nSPS) is 24.0. The molecule has 4 rings (SSSR count). The van der Waals surface area contributed by atoms with Crippen molar-refractivity contribution in [2.24, 2.45) is 0 Å². The number of rotatable bonds is 2. The molecule has 2 heteroatoms. The van der Waals surface area contributed by atoms with E-state index in [0.29, 0.717) is 0 Å². The van der Waals surface area contributed by atoms with Crippen LogP contribution in [0.25, 0.3) is 0 Å². The molecule has 2 aliphatic rings. The summed E-state index contributed by atoms with van der Waals surface area (Å²) in [6, 6.07) is 17.1. The van der Waals surface area contributed by atoms with E-state index in [9.17, 15) is 0 Å².